The van der Waals surface area contributed by atoms with E-state index in [0.717, 1.165) is 30.0 Å². The van der Waals surface area contributed by atoms with E-state index in [0.29, 0.717) is 0 Å². The highest BCUT2D eigenvalue weighted by molar-refractivity contribution is 5.87. The van der Waals surface area contributed by atoms with Crippen LogP contribution in [0.3, 0.4) is 0 Å². The summed E-state index contributed by atoms with van der Waals surface area (Å²) in [7, 11) is 2.13. The number of aryl methyl sites for hydroxylation is 1. The second kappa shape index (κ2) is 12.0. The smallest absolute Gasteiger partial charge is 0.123 e. The molecule has 0 radical (unpaired) electrons. The Kier molecular flexibility index (Phi) is 10.0. The summed E-state index contributed by atoms with van der Waals surface area (Å²) in [6.45, 7) is 15.8. The highest BCUT2D eigenvalue weighted by Crippen LogP contribution is 2.40. The lowest BCUT2D eigenvalue weighted by atomic mass is 9.96. The predicted molar refractivity (Wildman–Crippen MR) is 123 cm³/mol. The van der Waals surface area contributed by atoms with Crippen molar-refractivity contribution in [3.05, 3.63) is 54.1 Å². The van der Waals surface area contributed by atoms with Crippen molar-refractivity contribution < 1.29 is 0 Å². The van der Waals surface area contributed by atoms with Crippen molar-refractivity contribution in [1.29, 1.82) is 0 Å². The van der Waals surface area contributed by atoms with Gasteiger partial charge in [-0.2, -0.15) is 0 Å². The van der Waals surface area contributed by atoms with Gasteiger partial charge in [-0.3, -0.25) is 0 Å². The van der Waals surface area contributed by atoms with Crippen LogP contribution in [-0.2, 0) is 13.1 Å². The highest BCUT2D eigenvalue weighted by atomic mass is 15.4. The highest BCUT2D eigenvalue weighted by Gasteiger charge is 2.24. The first-order valence-electron chi connectivity index (χ1n) is 10.6. The number of benzene rings is 2. The molecule has 2 heterocycles. The molecule has 0 amide bonds. The van der Waals surface area contributed by atoms with Gasteiger partial charge in [0.15, 0.2) is 0 Å². The van der Waals surface area contributed by atoms with E-state index >= 15 is 0 Å². The van der Waals surface area contributed by atoms with Crippen molar-refractivity contribution in [2.45, 2.75) is 61.6 Å². The molecule has 1 aliphatic rings. The minimum Gasteiger partial charge on any atom is -0.370 e. The van der Waals surface area contributed by atoms with Crippen LogP contribution in [0.15, 0.2) is 48.5 Å². The first kappa shape index (κ1) is 23.4. The van der Waals surface area contributed by atoms with E-state index in [1.807, 2.05) is 46.2 Å². The number of hydrogen-bond acceptors (Lipinski definition) is 3. The average Bonchev–Trinajstić information content (AvgIpc) is 3.21. The Morgan fingerprint density at radius 2 is 1.39 bits per heavy atom. The maximum absolute atomic E-state index is 4.49. The molecule has 0 saturated heterocycles. The SMILES string of the molecule is CC.CC.CC.CCn1nnc2c1-c1ccccc1CN(C)c1ccccc1-2. The van der Waals surface area contributed by atoms with E-state index in [1.165, 1.54) is 16.8 Å². The van der Waals surface area contributed by atoms with Gasteiger partial charge in [0, 0.05) is 37.0 Å². The normalized spacial score (nSPS) is 10.8. The number of hydrogen-bond donors (Lipinski definition) is 0. The number of nitrogens with zero attached hydrogens (tertiary/aromatic N) is 4. The minimum absolute atomic E-state index is 0.814. The number of fused-ring (bicyclic) bond motifs is 5. The Balaban J connectivity index is 0.000000599. The first-order chi connectivity index (χ1) is 13.8. The van der Waals surface area contributed by atoms with Gasteiger partial charge in [0.25, 0.3) is 0 Å². The van der Waals surface area contributed by atoms with Crippen molar-refractivity contribution in [1.82, 2.24) is 15.0 Å². The quantitative estimate of drug-likeness (QED) is 0.473. The lowest BCUT2D eigenvalue weighted by molar-refractivity contribution is 0.632. The molecule has 4 rings (SSSR count). The Morgan fingerprint density at radius 3 is 2.04 bits per heavy atom. The third kappa shape index (κ3) is 4.61. The second-order valence-electron chi connectivity index (χ2n) is 5.63. The fourth-order valence-corrected chi connectivity index (χ4v) is 3.22. The summed E-state index contributed by atoms with van der Waals surface area (Å²) in [5.74, 6) is 0. The van der Waals surface area contributed by atoms with Gasteiger partial charge >= 0.3 is 0 Å². The summed E-state index contributed by atoms with van der Waals surface area (Å²) >= 11 is 0. The van der Waals surface area contributed by atoms with E-state index in [-0.39, 0.29) is 0 Å². The standard InChI is InChI=1S/C18H18N4.3C2H6/c1-3-22-18-14-9-5-4-8-13(14)12-21(2)16-11-7-6-10-15(16)17(18)19-20-22;3*1-2/h4-11H,3,12H2,1-2H3;3*1-2H3. The van der Waals surface area contributed by atoms with Crippen LogP contribution in [-0.4, -0.2) is 22.0 Å². The van der Waals surface area contributed by atoms with E-state index < -0.39 is 0 Å². The van der Waals surface area contributed by atoms with E-state index in [2.05, 4.69) is 77.7 Å². The van der Waals surface area contributed by atoms with Crippen molar-refractivity contribution >= 4 is 5.69 Å². The molecule has 0 spiro atoms. The molecule has 1 aromatic heterocycles. The molecule has 0 fully saturated rings. The van der Waals surface area contributed by atoms with Crippen LogP contribution >= 0.6 is 0 Å². The maximum atomic E-state index is 4.49. The van der Waals surface area contributed by atoms with E-state index in [4.69, 9.17) is 0 Å². The third-order valence-corrected chi connectivity index (χ3v) is 4.29. The predicted octanol–water partition coefficient (Wildman–Crippen LogP) is 6.66. The third-order valence-electron chi connectivity index (χ3n) is 4.29. The first-order valence-corrected chi connectivity index (χ1v) is 10.6. The van der Waals surface area contributed by atoms with Crippen molar-refractivity contribution in [2.24, 2.45) is 0 Å². The molecule has 0 bridgehead atoms. The zero-order valence-electron chi connectivity index (χ0n) is 18.8. The molecule has 152 valence electrons. The summed E-state index contributed by atoms with van der Waals surface area (Å²) < 4.78 is 2.00. The number of anilines is 1. The van der Waals surface area contributed by atoms with Crippen LogP contribution in [0, 0.1) is 0 Å². The number of rotatable bonds is 1. The summed E-state index contributed by atoms with van der Waals surface area (Å²) in [4.78, 5) is 2.28. The topological polar surface area (TPSA) is 34.0 Å². The van der Waals surface area contributed by atoms with Crippen LogP contribution in [0.25, 0.3) is 22.5 Å². The van der Waals surface area contributed by atoms with Crippen LogP contribution in [0.5, 0.6) is 0 Å². The van der Waals surface area contributed by atoms with Crippen molar-refractivity contribution in [2.75, 3.05) is 11.9 Å². The van der Waals surface area contributed by atoms with Gasteiger partial charge in [0.05, 0.1) is 5.69 Å². The molecule has 0 saturated carbocycles. The van der Waals surface area contributed by atoms with Crippen LogP contribution in [0.1, 0.15) is 54.0 Å². The minimum atomic E-state index is 0.814. The van der Waals surface area contributed by atoms with Crippen molar-refractivity contribution in [3.63, 3.8) is 0 Å². The van der Waals surface area contributed by atoms with Gasteiger partial charge in [-0.25, -0.2) is 4.68 Å². The van der Waals surface area contributed by atoms with E-state index in [1.54, 1.807) is 0 Å². The second-order valence-corrected chi connectivity index (χ2v) is 5.63. The fourth-order valence-electron chi connectivity index (χ4n) is 3.22. The Labute approximate surface area is 171 Å². The molecule has 2 aromatic carbocycles. The van der Waals surface area contributed by atoms with Gasteiger partial charge < -0.3 is 4.90 Å². The summed E-state index contributed by atoms with van der Waals surface area (Å²) in [6, 6.07) is 17.0. The summed E-state index contributed by atoms with van der Waals surface area (Å²) in [5, 5.41) is 8.86. The van der Waals surface area contributed by atoms with Gasteiger partial charge in [0.2, 0.25) is 0 Å². The van der Waals surface area contributed by atoms with E-state index in [9.17, 15) is 0 Å². The Morgan fingerprint density at radius 1 is 0.821 bits per heavy atom. The molecule has 0 aliphatic carbocycles. The number of para-hydroxylation sites is 1. The Bertz CT molecular complexity index is 836. The monoisotopic (exact) mass is 380 g/mol. The molecule has 0 unspecified atom stereocenters. The largest absolute Gasteiger partial charge is 0.370 e. The molecule has 1 aliphatic heterocycles. The van der Waals surface area contributed by atoms with Gasteiger partial charge in [-0.05, 0) is 18.6 Å². The molecule has 28 heavy (non-hydrogen) atoms. The van der Waals surface area contributed by atoms with Gasteiger partial charge in [-0.15, -0.1) is 5.10 Å². The van der Waals surface area contributed by atoms with Crippen LogP contribution < -0.4 is 4.90 Å². The molecule has 0 N–H and O–H groups in total. The Hall–Kier alpha value is -2.62. The molecule has 3 aromatic rings. The summed E-state index contributed by atoms with van der Waals surface area (Å²) in [5.41, 5.74) is 6.97. The van der Waals surface area contributed by atoms with Crippen LogP contribution in [0.4, 0.5) is 5.69 Å². The molecular weight excluding hydrogens is 344 g/mol. The summed E-state index contributed by atoms with van der Waals surface area (Å²) in [6.07, 6.45) is 0. The van der Waals surface area contributed by atoms with Gasteiger partial charge in [0.1, 0.15) is 5.69 Å². The van der Waals surface area contributed by atoms with Crippen LogP contribution in [0.2, 0.25) is 0 Å². The number of aromatic nitrogens is 3. The lowest BCUT2D eigenvalue weighted by Crippen LogP contribution is -2.19. The van der Waals surface area contributed by atoms with Gasteiger partial charge in [-0.1, -0.05) is 89.2 Å². The van der Waals surface area contributed by atoms with Crippen molar-refractivity contribution in [3.8, 4) is 22.5 Å². The molecule has 4 heteroatoms. The molecule has 4 nitrogen and oxygen atoms in total. The molecule has 0 atom stereocenters. The maximum Gasteiger partial charge on any atom is 0.123 e. The lowest BCUT2D eigenvalue weighted by Gasteiger charge is -2.26. The zero-order chi connectivity index (χ0) is 21.1. The zero-order valence-corrected chi connectivity index (χ0v) is 18.8. The molecular formula is C24H36N4. The fraction of sp³-hybridized carbons (Fsp3) is 0.417. The average molecular weight is 381 g/mol.